The Bertz CT molecular complexity index is 592. The van der Waals surface area contributed by atoms with Crippen molar-refractivity contribution in [3.8, 4) is 0 Å². The van der Waals surface area contributed by atoms with Crippen molar-refractivity contribution >= 4 is 15.8 Å². The first-order valence-electron chi connectivity index (χ1n) is 5.79. The number of hydrogen-bond acceptors (Lipinski definition) is 3. The van der Waals surface area contributed by atoms with Crippen molar-refractivity contribution in [2.75, 3.05) is 12.8 Å². The van der Waals surface area contributed by atoms with Crippen molar-refractivity contribution in [2.24, 2.45) is 10.7 Å². The van der Waals surface area contributed by atoms with Gasteiger partial charge in [-0.05, 0) is 24.1 Å². The van der Waals surface area contributed by atoms with Gasteiger partial charge in [0.05, 0.1) is 11.4 Å². The van der Waals surface area contributed by atoms with E-state index in [0.29, 0.717) is 29.5 Å². The maximum absolute atomic E-state index is 11.5. The molecule has 0 fully saturated rings. The average Bonchev–Trinajstić information content (AvgIpc) is 2.32. The molecule has 0 aliphatic rings. The van der Waals surface area contributed by atoms with E-state index in [-0.39, 0.29) is 0 Å². The summed E-state index contributed by atoms with van der Waals surface area (Å²) in [7, 11) is -3.18. The Hall–Kier alpha value is -1.82. The lowest BCUT2D eigenvalue weighted by Crippen LogP contribution is -2.31. The molecule has 0 aliphatic carbocycles. The summed E-state index contributed by atoms with van der Waals surface area (Å²) in [5, 5.41) is 2.87. The summed E-state index contributed by atoms with van der Waals surface area (Å²) < 4.78 is 23.0. The molecule has 0 saturated carbocycles. The van der Waals surface area contributed by atoms with Gasteiger partial charge in [0.1, 0.15) is 0 Å². The van der Waals surface area contributed by atoms with Crippen molar-refractivity contribution < 1.29 is 8.42 Å². The highest BCUT2D eigenvalue weighted by Gasteiger charge is 2.10. The molecule has 1 aromatic rings. The number of rotatable bonds is 5. The number of sulfone groups is 1. The number of aryl methyl sites for hydroxylation is 1. The van der Waals surface area contributed by atoms with Gasteiger partial charge in [0, 0.05) is 12.8 Å². The van der Waals surface area contributed by atoms with E-state index in [2.05, 4.69) is 16.9 Å². The highest BCUT2D eigenvalue weighted by Crippen LogP contribution is 2.17. The van der Waals surface area contributed by atoms with Gasteiger partial charge in [-0.25, -0.2) is 13.4 Å². The summed E-state index contributed by atoms with van der Waals surface area (Å²) in [5.41, 5.74) is 7.27. The van der Waals surface area contributed by atoms with Crippen LogP contribution >= 0.6 is 0 Å². The van der Waals surface area contributed by atoms with Crippen LogP contribution in [0, 0.1) is 6.92 Å². The topological polar surface area (TPSA) is 84.5 Å². The summed E-state index contributed by atoms with van der Waals surface area (Å²) >= 11 is 0. The lowest BCUT2D eigenvalue weighted by molar-refractivity contribution is 0.601. The second-order valence-corrected chi connectivity index (χ2v) is 6.23. The molecule has 0 aliphatic heterocycles. The van der Waals surface area contributed by atoms with Gasteiger partial charge in [-0.15, -0.1) is 6.58 Å². The van der Waals surface area contributed by atoms with E-state index in [0.717, 1.165) is 5.56 Å². The van der Waals surface area contributed by atoms with E-state index in [1.807, 2.05) is 0 Å². The molecule has 3 N–H and O–H groups in total. The molecule has 0 radical (unpaired) electrons. The van der Waals surface area contributed by atoms with Crippen LogP contribution in [0.3, 0.4) is 0 Å². The summed E-state index contributed by atoms with van der Waals surface area (Å²) in [6, 6.07) is 5.15. The van der Waals surface area contributed by atoms with Crippen LogP contribution < -0.4 is 11.1 Å². The third-order valence-corrected chi connectivity index (χ3v) is 3.76. The Morgan fingerprint density at radius 3 is 2.74 bits per heavy atom. The largest absolute Gasteiger partial charge is 0.370 e. The molecule has 19 heavy (non-hydrogen) atoms. The quantitative estimate of drug-likeness (QED) is 0.479. The molecule has 0 bridgehead atoms. The Balaban J connectivity index is 2.82. The zero-order valence-corrected chi connectivity index (χ0v) is 12.0. The minimum Gasteiger partial charge on any atom is -0.370 e. The number of nitrogens with zero attached hydrogens (tertiary/aromatic N) is 1. The van der Waals surface area contributed by atoms with E-state index in [9.17, 15) is 8.42 Å². The van der Waals surface area contributed by atoms with Gasteiger partial charge in [0.25, 0.3) is 0 Å². The van der Waals surface area contributed by atoms with Crippen molar-refractivity contribution in [3.63, 3.8) is 0 Å². The molecule has 1 rings (SSSR count). The van der Waals surface area contributed by atoms with E-state index in [4.69, 9.17) is 5.73 Å². The number of nitrogens with two attached hydrogens (primary N) is 1. The molecular weight excluding hydrogens is 262 g/mol. The van der Waals surface area contributed by atoms with E-state index in [1.54, 1.807) is 31.2 Å². The van der Waals surface area contributed by atoms with E-state index in [1.165, 1.54) is 6.26 Å². The minimum atomic E-state index is -3.18. The van der Waals surface area contributed by atoms with Crippen LogP contribution in [0.15, 0.2) is 40.7 Å². The molecule has 0 unspecified atom stereocenters. The van der Waals surface area contributed by atoms with Crippen LogP contribution in [0.25, 0.3) is 0 Å². The van der Waals surface area contributed by atoms with Crippen LogP contribution in [0.4, 0.5) is 0 Å². The summed E-state index contributed by atoms with van der Waals surface area (Å²) in [6.45, 7) is 6.29. The van der Waals surface area contributed by atoms with Crippen LogP contribution in [0.1, 0.15) is 11.1 Å². The molecule has 6 heteroatoms. The van der Waals surface area contributed by atoms with Crippen molar-refractivity contribution in [1.29, 1.82) is 0 Å². The number of guanidine groups is 1. The van der Waals surface area contributed by atoms with Crippen LogP contribution in [-0.4, -0.2) is 27.2 Å². The number of aliphatic imine (C=N–C) groups is 1. The fourth-order valence-electron chi connectivity index (χ4n) is 1.63. The summed E-state index contributed by atoms with van der Waals surface area (Å²) in [5.74, 6) is 0.338. The Morgan fingerprint density at radius 2 is 2.21 bits per heavy atom. The minimum absolute atomic E-state index is 0.338. The van der Waals surface area contributed by atoms with E-state index < -0.39 is 9.84 Å². The average molecular weight is 281 g/mol. The van der Waals surface area contributed by atoms with Gasteiger partial charge in [-0.2, -0.15) is 0 Å². The predicted molar refractivity (Wildman–Crippen MR) is 77.8 cm³/mol. The van der Waals surface area contributed by atoms with Crippen LogP contribution in [-0.2, 0) is 16.4 Å². The van der Waals surface area contributed by atoms with Gasteiger partial charge in [-0.1, -0.05) is 18.2 Å². The molecule has 1 aromatic carbocycles. The van der Waals surface area contributed by atoms with Crippen molar-refractivity contribution in [1.82, 2.24) is 5.32 Å². The molecule has 0 aromatic heterocycles. The fourth-order valence-corrected chi connectivity index (χ4v) is 2.59. The Labute approximate surface area is 114 Å². The highest BCUT2D eigenvalue weighted by molar-refractivity contribution is 7.90. The summed E-state index contributed by atoms with van der Waals surface area (Å²) in [4.78, 5) is 4.50. The lowest BCUT2D eigenvalue weighted by Gasteiger charge is -2.06. The van der Waals surface area contributed by atoms with Gasteiger partial charge in [0.15, 0.2) is 15.8 Å². The number of hydrogen-bond donors (Lipinski definition) is 2. The molecule has 5 nitrogen and oxygen atoms in total. The van der Waals surface area contributed by atoms with Crippen molar-refractivity contribution in [3.05, 3.63) is 42.0 Å². The van der Waals surface area contributed by atoms with Gasteiger partial charge in [-0.3, -0.25) is 0 Å². The fraction of sp³-hybridized carbons (Fsp3) is 0.308. The molecule has 0 atom stereocenters. The SMILES string of the molecule is C=CCNC(N)=NCc1ccc(S(C)(=O)=O)c(C)c1. The van der Waals surface area contributed by atoms with Crippen LogP contribution in [0.5, 0.6) is 0 Å². The first-order valence-corrected chi connectivity index (χ1v) is 7.68. The van der Waals surface area contributed by atoms with Crippen molar-refractivity contribution in [2.45, 2.75) is 18.4 Å². The first kappa shape index (κ1) is 15.2. The molecule has 0 amide bonds. The van der Waals surface area contributed by atoms with Gasteiger partial charge >= 0.3 is 0 Å². The maximum atomic E-state index is 11.5. The van der Waals surface area contributed by atoms with Gasteiger partial charge < -0.3 is 11.1 Å². The Kier molecular flexibility index (Phi) is 5.11. The lowest BCUT2D eigenvalue weighted by atomic mass is 10.1. The monoisotopic (exact) mass is 281 g/mol. The van der Waals surface area contributed by atoms with Gasteiger partial charge in [0.2, 0.25) is 0 Å². The maximum Gasteiger partial charge on any atom is 0.189 e. The predicted octanol–water partition coefficient (Wildman–Crippen LogP) is 0.989. The molecule has 104 valence electrons. The Morgan fingerprint density at radius 1 is 1.53 bits per heavy atom. The molecular formula is C13H19N3O2S. The second kappa shape index (κ2) is 6.38. The molecule has 0 saturated heterocycles. The number of nitrogens with one attached hydrogen (secondary N) is 1. The third kappa shape index (κ3) is 4.75. The molecule has 0 heterocycles. The third-order valence-electron chi connectivity index (χ3n) is 2.50. The number of benzene rings is 1. The highest BCUT2D eigenvalue weighted by atomic mass is 32.2. The second-order valence-electron chi connectivity index (χ2n) is 4.24. The van der Waals surface area contributed by atoms with E-state index >= 15 is 0 Å². The normalized spacial score (nSPS) is 12.2. The smallest absolute Gasteiger partial charge is 0.189 e. The standard InChI is InChI=1S/C13H19N3O2S/c1-4-7-15-13(14)16-9-11-5-6-12(10(2)8-11)19(3,17)18/h4-6,8H,1,7,9H2,2-3H3,(H3,14,15,16). The van der Waals surface area contributed by atoms with Crippen LogP contribution in [0.2, 0.25) is 0 Å². The zero-order valence-electron chi connectivity index (χ0n) is 11.2. The molecule has 0 spiro atoms. The zero-order chi connectivity index (χ0) is 14.5. The summed E-state index contributed by atoms with van der Waals surface area (Å²) in [6.07, 6.45) is 2.89. The first-order chi connectivity index (χ1) is 8.84.